The van der Waals surface area contributed by atoms with Crippen LogP contribution in [-0.2, 0) is 0 Å². The zero-order chi connectivity index (χ0) is 10.3. The minimum atomic E-state index is 0.592. The molecule has 0 bridgehead atoms. The molecule has 0 saturated carbocycles. The van der Waals surface area contributed by atoms with Gasteiger partial charge in [0.2, 0.25) is 0 Å². The van der Waals surface area contributed by atoms with Gasteiger partial charge in [-0.15, -0.1) is 0 Å². The third-order valence-corrected chi connectivity index (χ3v) is 4.04. The van der Waals surface area contributed by atoms with E-state index in [0.717, 1.165) is 17.0 Å². The van der Waals surface area contributed by atoms with Gasteiger partial charge in [0, 0.05) is 18.0 Å². The predicted molar refractivity (Wildman–Crippen MR) is 63.2 cm³/mol. The Morgan fingerprint density at radius 2 is 2.47 bits per heavy atom. The number of fused-ring (bicyclic) bond motifs is 1. The van der Waals surface area contributed by atoms with Crippen molar-refractivity contribution in [3.63, 3.8) is 0 Å². The zero-order valence-corrected chi connectivity index (χ0v) is 9.50. The van der Waals surface area contributed by atoms with E-state index >= 15 is 0 Å². The molecule has 1 atom stereocenters. The van der Waals surface area contributed by atoms with Crippen molar-refractivity contribution < 1.29 is 0 Å². The number of hydrogen-bond acceptors (Lipinski definition) is 3. The smallest absolute Gasteiger partial charge is 0.160 e. The van der Waals surface area contributed by atoms with Gasteiger partial charge >= 0.3 is 0 Å². The van der Waals surface area contributed by atoms with E-state index in [-0.39, 0.29) is 0 Å². The van der Waals surface area contributed by atoms with Crippen LogP contribution in [0.15, 0.2) is 18.3 Å². The normalized spacial score (nSPS) is 21.3. The maximum Gasteiger partial charge on any atom is 0.160 e. The molecule has 0 radical (unpaired) electrons. The molecule has 0 aliphatic carbocycles. The van der Waals surface area contributed by atoms with Gasteiger partial charge in [0.1, 0.15) is 11.3 Å². The lowest BCUT2D eigenvalue weighted by atomic mass is 10.2. The maximum absolute atomic E-state index is 4.55. The standard InChI is InChI=1S/C11H13N3S/c1-8-13-10-3-2-5-12-11(10)14(8)9-4-6-15-7-9/h2-3,5,9H,4,6-7H2,1H3. The van der Waals surface area contributed by atoms with Crippen LogP contribution in [0.4, 0.5) is 0 Å². The minimum absolute atomic E-state index is 0.592. The van der Waals surface area contributed by atoms with Gasteiger partial charge in [-0.25, -0.2) is 9.97 Å². The summed E-state index contributed by atoms with van der Waals surface area (Å²) in [6.45, 7) is 2.07. The molecule has 3 heterocycles. The number of hydrogen-bond donors (Lipinski definition) is 0. The van der Waals surface area contributed by atoms with Crippen molar-refractivity contribution in [3.8, 4) is 0 Å². The first-order valence-corrected chi connectivity index (χ1v) is 6.39. The molecule has 0 aromatic carbocycles. The molecule has 2 aromatic heterocycles. The molecule has 1 saturated heterocycles. The molecule has 4 heteroatoms. The number of rotatable bonds is 1. The van der Waals surface area contributed by atoms with E-state index < -0.39 is 0 Å². The van der Waals surface area contributed by atoms with Gasteiger partial charge in [0.25, 0.3) is 0 Å². The number of aromatic nitrogens is 3. The second kappa shape index (κ2) is 3.52. The Hall–Kier alpha value is -1.03. The largest absolute Gasteiger partial charge is 0.309 e. The monoisotopic (exact) mass is 219 g/mol. The fraction of sp³-hybridized carbons (Fsp3) is 0.455. The first-order chi connectivity index (χ1) is 7.36. The van der Waals surface area contributed by atoms with Gasteiger partial charge < -0.3 is 4.57 Å². The number of pyridine rings is 1. The van der Waals surface area contributed by atoms with Crippen LogP contribution in [0.3, 0.4) is 0 Å². The van der Waals surface area contributed by atoms with Crippen LogP contribution >= 0.6 is 11.8 Å². The molecule has 3 rings (SSSR count). The SMILES string of the molecule is Cc1nc2cccnc2n1C1CCSC1. The topological polar surface area (TPSA) is 30.7 Å². The quantitative estimate of drug-likeness (QED) is 0.738. The average molecular weight is 219 g/mol. The Kier molecular flexibility index (Phi) is 2.16. The Labute approximate surface area is 92.9 Å². The lowest BCUT2D eigenvalue weighted by Crippen LogP contribution is -2.10. The van der Waals surface area contributed by atoms with E-state index in [2.05, 4.69) is 21.5 Å². The van der Waals surface area contributed by atoms with Crippen molar-refractivity contribution in [1.82, 2.24) is 14.5 Å². The second-order valence-corrected chi connectivity index (χ2v) is 5.04. The van der Waals surface area contributed by atoms with Crippen LogP contribution in [0.5, 0.6) is 0 Å². The lowest BCUT2D eigenvalue weighted by Gasteiger charge is -2.12. The van der Waals surface area contributed by atoms with Gasteiger partial charge in [-0.05, 0) is 31.2 Å². The van der Waals surface area contributed by atoms with E-state index in [4.69, 9.17) is 0 Å². The Morgan fingerprint density at radius 3 is 3.27 bits per heavy atom. The molecule has 1 fully saturated rings. The molecule has 0 amide bonds. The summed E-state index contributed by atoms with van der Waals surface area (Å²) in [6, 6.07) is 4.58. The average Bonchev–Trinajstić information content (AvgIpc) is 2.82. The highest BCUT2D eigenvalue weighted by molar-refractivity contribution is 7.99. The molecule has 1 aliphatic heterocycles. The van der Waals surface area contributed by atoms with Crippen molar-refractivity contribution in [1.29, 1.82) is 0 Å². The third-order valence-electron chi connectivity index (χ3n) is 2.90. The predicted octanol–water partition coefficient (Wildman–Crippen LogP) is 2.42. The third kappa shape index (κ3) is 1.44. The number of imidazole rings is 1. The zero-order valence-electron chi connectivity index (χ0n) is 8.68. The highest BCUT2D eigenvalue weighted by Gasteiger charge is 2.21. The summed E-state index contributed by atoms with van der Waals surface area (Å²) in [5.74, 6) is 3.55. The Bertz CT molecular complexity index is 486. The molecular formula is C11H13N3S. The number of aryl methyl sites for hydroxylation is 1. The van der Waals surface area contributed by atoms with Crippen molar-refractivity contribution in [3.05, 3.63) is 24.2 Å². The Balaban J connectivity index is 2.19. The molecule has 15 heavy (non-hydrogen) atoms. The fourth-order valence-electron chi connectivity index (χ4n) is 2.21. The summed E-state index contributed by atoms with van der Waals surface area (Å²) >= 11 is 2.02. The number of nitrogens with zero attached hydrogens (tertiary/aromatic N) is 3. The summed E-state index contributed by atoms with van der Waals surface area (Å²) in [5.41, 5.74) is 2.06. The summed E-state index contributed by atoms with van der Waals surface area (Å²) in [6.07, 6.45) is 3.09. The lowest BCUT2D eigenvalue weighted by molar-refractivity contribution is 0.557. The number of thioether (sulfide) groups is 1. The Morgan fingerprint density at radius 1 is 1.53 bits per heavy atom. The highest BCUT2D eigenvalue weighted by Crippen LogP contribution is 2.31. The van der Waals surface area contributed by atoms with Gasteiger partial charge in [-0.1, -0.05) is 0 Å². The van der Waals surface area contributed by atoms with Crippen LogP contribution in [0.2, 0.25) is 0 Å². The van der Waals surface area contributed by atoms with Crippen molar-refractivity contribution in [2.24, 2.45) is 0 Å². The summed E-state index contributed by atoms with van der Waals surface area (Å²) < 4.78 is 2.30. The van der Waals surface area contributed by atoms with E-state index in [0.29, 0.717) is 6.04 Å². The van der Waals surface area contributed by atoms with E-state index in [9.17, 15) is 0 Å². The highest BCUT2D eigenvalue weighted by atomic mass is 32.2. The molecule has 0 N–H and O–H groups in total. The summed E-state index contributed by atoms with van der Waals surface area (Å²) in [7, 11) is 0. The van der Waals surface area contributed by atoms with Crippen molar-refractivity contribution >= 4 is 22.9 Å². The van der Waals surface area contributed by atoms with E-state index in [1.165, 1.54) is 17.9 Å². The van der Waals surface area contributed by atoms with Gasteiger partial charge in [0.05, 0.1) is 0 Å². The van der Waals surface area contributed by atoms with Crippen LogP contribution < -0.4 is 0 Å². The van der Waals surface area contributed by atoms with Gasteiger partial charge in [0.15, 0.2) is 5.65 Å². The van der Waals surface area contributed by atoms with Crippen molar-refractivity contribution in [2.45, 2.75) is 19.4 Å². The second-order valence-electron chi connectivity index (χ2n) is 3.89. The fourth-order valence-corrected chi connectivity index (χ4v) is 3.40. The molecule has 1 aliphatic rings. The molecular weight excluding hydrogens is 206 g/mol. The van der Waals surface area contributed by atoms with Gasteiger partial charge in [-0.2, -0.15) is 11.8 Å². The molecule has 78 valence electrons. The summed E-state index contributed by atoms with van der Waals surface area (Å²) in [5, 5.41) is 0. The molecule has 3 nitrogen and oxygen atoms in total. The van der Waals surface area contributed by atoms with Crippen LogP contribution in [0.1, 0.15) is 18.3 Å². The van der Waals surface area contributed by atoms with Crippen LogP contribution in [-0.4, -0.2) is 26.0 Å². The molecule has 1 unspecified atom stereocenters. The van der Waals surface area contributed by atoms with E-state index in [1.54, 1.807) is 0 Å². The molecule has 0 spiro atoms. The van der Waals surface area contributed by atoms with Crippen LogP contribution in [0.25, 0.3) is 11.2 Å². The minimum Gasteiger partial charge on any atom is -0.309 e. The summed E-state index contributed by atoms with van der Waals surface area (Å²) in [4.78, 5) is 8.99. The first-order valence-electron chi connectivity index (χ1n) is 5.23. The first kappa shape index (κ1) is 9.21. The molecule has 2 aromatic rings. The van der Waals surface area contributed by atoms with E-state index in [1.807, 2.05) is 30.1 Å². The van der Waals surface area contributed by atoms with Crippen LogP contribution in [0, 0.1) is 6.92 Å². The van der Waals surface area contributed by atoms with Crippen molar-refractivity contribution in [2.75, 3.05) is 11.5 Å². The van der Waals surface area contributed by atoms with Gasteiger partial charge in [-0.3, -0.25) is 0 Å². The maximum atomic E-state index is 4.55.